The lowest BCUT2D eigenvalue weighted by Gasteiger charge is -2.15. The molecule has 0 bridgehead atoms. The summed E-state index contributed by atoms with van der Waals surface area (Å²) in [5.74, 6) is 0.246. The molecule has 0 atom stereocenters. The summed E-state index contributed by atoms with van der Waals surface area (Å²) < 4.78 is 0. The maximum atomic E-state index is 12.3. The van der Waals surface area contributed by atoms with Gasteiger partial charge in [-0.2, -0.15) is 5.26 Å². The van der Waals surface area contributed by atoms with E-state index in [1.807, 2.05) is 6.07 Å². The predicted octanol–water partition coefficient (Wildman–Crippen LogP) is 4.95. The van der Waals surface area contributed by atoms with Crippen LogP contribution in [0.15, 0.2) is 29.3 Å². The lowest BCUT2D eigenvalue weighted by molar-refractivity contribution is -0.384. The molecular weight excluding hydrogens is 400 g/mol. The maximum absolute atomic E-state index is 12.3. The number of anilines is 1. The van der Waals surface area contributed by atoms with Crippen LogP contribution >= 0.6 is 11.8 Å². The Hall–Kier alpha value is -2.92. The number of non-ortho nitro benzene ring substituents is 1. The third-order valence-electron chi connectivity index (χ3n) is 5.16. The number of nitrogens with one attached hydrogen (secondary N) is 1. The number of carbonyl (C=O) groups excluding carboxylic acids is 1. The molecule has 0 radical (unpaired) electrons. The van der Waals surface area contributed by atoms with Crippen molar-refractivity contribution in [3.63, 3.8) is 0 Å². The van der Waals surface area contributed by atoms with Crippen LogP contribution in [0.5, 0.6) is 0 Å². The van der Waals surface area contributed by atoms with Crippen LogP contribution in [-0.4, -0.2) is 21.6 Å². The quantitative estimate of drug-likeness (QED) is 0.399. The largest absolute Gasteiger partial charge is 0.326 e. The van der Waals surface area contributed by atoms with Gasteiger partial charge in [-0.15, -0.1) is 11.8 Å². The number of nitrogens with zero attached hydrogens (tertiary/aromatic N) is 3. The first kappa shape index (κ1) is 21.8. The summed E-state index contributed by atoms with van der Waals surface area (Å²) in [5, 5.41) is 23.9. The molecule has 0 fully saturated rings. The third kappa shape index (κ3) is 5.57. The van der Waals surface area contributed by atoms with E-state index in [2.05, 4.69) is 11.4 Å². The van der Waals surface area contributed by atoms with Crippen molar-refractivity contribution in [3.05, 3.63) is 56.8 Å². The highest BCUT2D eigenvalue weighted by molar-refractivity contribution is 7.99. The van der Waals surface area contributed by atoms with Gasteiger partial charge in [0.15, 0.2) is 0 Å². The number of hydrogen-bond acceptors (Lipinski definition) is 6. The summed E-state index contributed by atoms with van der Waals surface area (Å²) in [6.45, 7) is 1.79. The summed E-state index contributed by atoms with van der Waals surface area (Å²) >= 11 is 1.40. The van der Waals surface area contributed by atoms with E-state index in [0.717, 1.165) is 36.9 Å². The molecular formula is C22H24N4O3S. The smallest absolute Gasteiger partial charge is 0.271 e. The third-order valence-corrected chi connectivity index (χ3v) is 6.15. The highest BCUT2D eigenvalue weighted by atomic mass is 32.2. The number of nitro benzene ring substituents is 1. The number of nitro groups is 1. The Morgan fingerprint density at radius 2 is 2.03 bits per heavy atom. The van der Waals surface area contributed by atoms with Gasteiger partial charge in [0.1, 0.15) is 11.1 Å². The number of nitriles is 1. The van der Waals surface area contributed by atoms with Crippen LogP contribution in [0, 0.1) is 28.4 Å². The van der Waals surface area contributed by atoms with Crippen LogP contribution < -0.4 is 5.32 Å². The summed E-state index contributed by atoms with van der Waals surface area (Å²) in [7, 11) is 0. The molecule has 0 unspecified atom stereocenters. The van der Waals surface area contributed by atoms with Gasteiger partial charge in [0.2, 0.25) is 5.91 Å². The summed E-state index contributed by atoms with van der Waals surface area (Å²) in [6, 6.07) is 8.59. The topological polar surface area (TPSA) is 109 Å². The number of carbonyl (C=O) groups is 1. The molecule has 156 valence electrons. The number of thioether (sulfide) groups is 1. The summed E-state index contributed by atoms with van der Waals surface area (Å²) in [5.41, 5.74) is 3.96. The zero-order valence-corrected chi connectivity index (χ0v) is 17.8. The minimum Gasteiger partial charge on any atom is -0.326 e. The van der Waals surface area contributed by atoms with Crippen LogP contribution in [0.3, 0.4) is 0 Å². The number of amides is 1. The van der Waals surface area contributed by atoms with Crippen molar-refractivity contribution in [1.29, 1.82) is 5.26 Å². The Bertz CT molecular complexity index is 1000. The second kappa shape index (κ2) is 10.2. The number of rotatable bonds is 6. The van der Waals surface area contributed by atoms with Gasteiger partial charge in [0.05, 0.1) is 16.2 Å². The van der Waals surface area contributed by atoms with Gasteiger partial charge in [-0.25, -0.2) is 4.98 Å². The highest BCUT2D eigenvalue weighted by Gasteiger charge is 2.15. The number of hydrogen-bond donors (Lipinski definition) is 1. The van der Waals surface area contributed by atoms with E-state index in [1.165, 1.54) is 42.3 Å². The van der Waals surface area contributed by atoms with Crippen molar-refractivity contribution in [2.45, 2.75) is 56.9 Å². The van der Waals surface area contributed by atoms with E-state index in [0.29, 0.717) is 22.0 Å². The van der Waals surface area contributed by atoms with Crippen LogP contribution in [0.1, 0.15) is 54.5 Å². The van der Waals surface area contributed by atoms with Crippen molar-refractivity contribution in [2.24, 2.45) is 0 Å². The van der Waals surface area contributed by atoms with E-state index in [9.17, 15) is 20.2 Å². The molecule has 1 aromatic heterocycles. The number of benzene rings is 1. The van der Waals surface area contributed by atoms with E-state index in [-0.39, 0.29) is 18.0 Å². The molecule has 1 amide bonds. The van der Waals surface area contributed by atoms with Crippen molar-refractivity contribution >= 4 is 29.0 Å². The Balaban J connectivity index is 1.63. The molecule has 0 aliphatic heterocycles. The van der Waals surface area contributed by atoms with Crippen molar-refractivity contribution in [2.75, 3.05) is 11.1 Å². The van der Waals surface area contributed by atoms with Gasteiger partial charge in [-0.3, -0.25) is 14.9 Å². The molecule has 1 aromatic carbocycles. The molecule has 30 heavy (non-hydrogen) atoms. The van der Waals surface area contributed by atoms with Crippen molar-refractivity contribution in [1.82, 2.24) is 4.98 Å². The van der Waals surface area contributed by atoms with Crippen molar-refractivity contribution < 1.29 is 9.72 Å². The Morgan fingerprint density at radius 3 is 2.77 bits per heavy atom. The minimum absolute atomic E-state index is 0.0612. The fourth-order valence-electron chi connectivity index (χ4n) is 3.47. The molecule has 1 aliphatic rings. The number of fused-ring (bicyclic) bond motifs is 1. The van der Waals surface area contributed by atoms with Gasteiger partial charge in [0, 0.05) is 30.0 Å². The molecule has 1 aliphatic carbocycles. The maximum Gasteiger partial charge on any atom is 0.271 e. The van der Waals surface area contributed by atoms with Crippen LogP contribution in [0.25, 0.3) is 0 Å². The second-order valence-electron chi connectivity index (χ2n) is 7.38. The minimum atomic E-state index is -0.486. The fraction of sp³-hybridized carbons (Fsp3) is 0.409. The zero-order chi connectivity index (χ0) is 21.5. The molecule has 0 spiro atoms. The lowest BCUT2D eigenvalue weighted by atomic mass is 9.96. The molecule has 1 heterocycles. The standard InChI is InChI=1S/C22H24N4O3S/c1-15-8-9-18(26(28)29)13-20(15)24-21(27)10-11-30-22-17(14-23)12-16-6-4-2-3-5-7-19(16)25-22/h8-9,12-13H,2-7,10-11H2,1H3,(H,24,27). The monoisotopic (exact) mass is 424 g/mol. The zero-order valence-electron chi connectivity index (χ0n) is 16.9. The first-order valence-electron chi connectivity index (χ1n) is 10.1. The van der Waals surface area contributed by atoms with Crippen LogP contribution in [0.2, 0.25) is 0 Å². The Labute approximate surface area is 180 Å². The first-order chi connectivity index (χ1) is 14.5. The Morgan fingerprint density at radius 1 is 1.27 bits per heavy atom. The first-order valence-corrected chi connectivity index (χ1v) is 11.1. The highest BCUT2D eigenvalue weighted by Crippen LogP contribution is 2.27. The summed E-state index contributed by atoms with van der Waals surface area (Å²) in [6.07, 6.45) is 6.78. The van der Waals surface area contributed by atoms with Gasteiger partial charge >= 0.3 is 0 Å². The average Bonchev–Trinajstić information content (AvgIpc) is 2.70. The van der Waals surface area contributed by atoms with Crippen molar-refractivity contribution in [3.8, 4) is 6.07 Å². The second-order valence-corrected chi connectivity index (χ2v) is 8.46. The van der Waals surface area contributed by atoms with E-state index in [4.69, 9.17) is 4.98 Å². The summed E-state index contributed by atoms with van der Waals surface area (Å²) in [4.78, 5) is 27.5. The van der Waals surface area contributed by atoms with Crippen LogP contribution in [-0.2, 0) is 17.6 Å². The van der Waals surface area contributed by atoms with E-state index in [1.54, 1.807) is 13.0 Å². The van der Waals surface area contributed by atoms with Crippen LogP contribution in [0.4, 0.5) is 11.4 Å². The van der Waals surface area contributed by atoms with E-state index >= 15 is 0 Å². The molecule has 2 aromatic rings. The molecule has 8 heteroatoms. The molecule has 7 nitrogen and oxygen atoms in total. The van der Waals surface area contributed by atoms with Gasteiger partial charge in [-0.1, -0.05) is 18.9 Å². The fourth-order valence-corrected chi connectivity index (χ4v) is 4.39. The lowest BCUT2D eigenvalue weighted by Crippen LogP contribution is -2.13. The molecule has 0 saturated heterocycles. The number of pyridine rings is 1. The normalized spacial score (nSPS) is 13.5. The molecule has 3 rings (SSSR count). The molecule has 0 saturated carbocycles. The van der Waals surface area contributed by atoms with Gasteiger partial charge in [0.25, 0.3) is 5.69 Å². The number of aryl methyl sites for hydroxylation is 3. The Kier molecular flexibility index (Phi) is 7.41. The van der Waals surface area contributed by atoms with Gasteiger partial charge < -0.3 is 5.32 Å². The average molecular weight is 425 g/mol. The van der Waals surface area contributed by atoms with E-state index < -0.39 is 4.92 Å². The number of aromatic nitrogens is 1. The molecule has 1 N–H and O–H groups in total. The van der Waals surface area contributed by atoms with Gasteiger partial charge in [-0.05, 0) is 49.8 Å². The SMILES string of the molecule is Cc1ccc([N+](=O)[O-])cc1NC(=O)CCSc1nc2c(cc1C#N)CCCCCC2. The predicted molar refractivity (Wildman–Crippen MR) is 117 cm³/mol.